The first-order valence-corrected chi connectivity index (χ1v) is 10.2. The first-order valence-electron chi connectivity index (χ1n) is 7.93. The minimum absolute atomic E-state index is 0.0493. The number of thiophene rings is 1. The Morgan fingerprint density at radius 3 is 2.40 bits per heavy atom. The van der Waals surface area contributed by atoms with Crippen molar-refractivity contribution in [1.29, 1.82) is 0 Å². The van der Waals surface area contributed by atoms with Crippen molar-refractivity contribution in [3.8, 4) is 0 Å². The highest BCUT2D eigenvalue weighted by molar-refractivity contribution is 8.00. The summed E-state index contributed by atoms with van der Waals surface area (Å²) >= 11 is 9.29. The topological polar surface area (TPSA) is 29.1 Å². The van der Waals surface area contributed by atoms with Crippen LogP contribution in [0.4, 0.5) is 0 Å². The fourth-order valence-corrected chi connectivity index (χ4v) is 4.35. The van der Waals surface area contributed by atoms with E-state index in [1.54, 1.807) is 23.1 Å². The smallest absolute Gasteiger partial charge is 0.230 e. The predicted molar refractivity (Wildman–Crippen MR) is 108 cm³/mol. The number of hydrogen-bond acceptors (Lipinski definition) is 3. The molecular formula is C20H18ClNOS2. The van der Waals surface area contributed by atoms with Gasteiger partial charge in [0.05, 0.1) is 17.5 Å². The van der Waals surface area contributed by atoms with Gasteiger partial charge < -0.3 is 5.32 Å². The Bertz CT molecular complexity index is 788. The van der Waals surface area contributed by atoms with Crippen LogP contribution in [0, 0.1) is 0 Å². The van der Waals surface area contributed by atoms with Crippen molar-refractivity contribution < 1.29 is 4.79 Å². The molecule has 0 fully saturated rings. The molecule has 1 N–H and O–H groups in total. The minimum Gasteiger partial charge on any atom is -0.350 e. The number of carbonyl (C=O) groups excluding carboxylic acids is 1. The summed E-state index contributed by atoms with van der Waals surface area (Å²) in [5, 5.41) is 5.82. The zero-order valence-electron chi connectivity index (χ0n) is 13.5. The molecule has 1 unspecified atom stereocenters. The molecule has 0 aliphatic rings. The Balaban J connectivity index is 1.65. The highest BCUT2D eigenvalue weighted by Gasteiger charge is 2.16. The molecule has 1 aromatic heterocycles. The summed E-state index contributed by atoms with van der Waals surface area (Å²) in [7, 11) is 0. The zero-order valence-corrected chi connectivity index (χ0v) is 15.9. The maximum Gasteiger partial charge on any atom is 0.230 e. The Morgan fingerprint density at radius 2 is 1.72 bits per heavy atom. The summed E-state index contributed by atoms with van der Waals surface area (Å²) in [4.78, 5) is 13.4. The fraction of sp³-hybridized carbons (Fsp3) is 0.150. The van der Waals surface area contributed by atoms with Gasteiger partial charge >= 0.3 is 0 Å². The third kappa shape index (κ3) is 5.36. The van der Waals surface area contributed by atoms with Crippen LogP contribution in [0.5, 0.6) is 0 Å². The van der Waals surface area contributed by atoms with E-state index in [1.165, 1.54) is 5.56 Å². The van der Waals surface area contributed by atoms with E-state index in [1.807, 2.05) is 60.0 Å². The van der Waals surface area contributed by atoms with Gasteiger partial charge in [0.25, 0.3) is 0 Å². The van der Waals surface area contributed by atoms with Crippen LogP contribution in [0.2, 0.25) is 5.02 Å². The second-order valence-corrected chi connectivity index (χ2v) is 8.07. The van der Waals surface area contributed by atoms with E-state index < -0.39 is 0 Å². The number of rotatable bonds is 7. The molecule has 0 saturated heterocycles. The summed E-state index contributed by atoms with van der Waals surface area (Å²) in [5.41, 5.74) is 2.33. The lowest BCUT2D eigenvalue weighted by atomic mass is 10.0. The molecule has 25 heavy (non-hydrogen) atoms. The monoisotopic (exact) mass is 387 g/mol. The normalized spacial score (nSPS) is 11.9. The molecule has 0 aliphatic carbocycles. The highest BCUT2D eigenvalue weighted by atomic mass is 35.5. The number of hydrogen-bond donors (Lipinski definition) is 1. The quantitative estimate of drug-likeness (QED) is 0.576. The number of carbonyl (C=O) groups is 1. The standard InChI is InChI=1S/C20H18ClNOS2/c21-17-10-8-16(9-11-17)20(15-5-2-1-3-6-15)25-14-19(23)22-13-18-7-4-12-24-18/h1-12,20H,13-14H2,(H,22,23). The van der Waals surface area contributed by atoms with Gasteiger partial charge in [-0.15, -0.1) is 23.1 Å². The maximum absolute atomic E-state index is 12.2. The van der Waals surface area contributed by atoms with Gasteiger partial charge in [0.1, 0.15) is 0 Å². The van der Waals surface area contributed by atoms with E-state index in [4.69, 9.17) is 11.6 Å². The molecule has 5 heteroatoms. The molecule has 0 saturated carbocycles. The third-order valence-corrected chi connectivity index (χ3v) is 6.13. The van der Waals surface area contributed by atoms with Crippen LogP contribution < -0.4 is 5.32 Å². The Hall–Kier alpha value is -1.75. The van der Waals surface area contributed by atoms with E-state index >= 15 is 0 Å². The molecule has 2 nitrogen and oxygen atoms in total. The van der Waals surface area contributed by atoms with Crippen LogP contribution in [0.15, 0.2) is 72.1 Å². The average molecular weight is 388 g/mol. The summed E-state index contributed by atoms with van der Waals surface area (Å²) in [6, 6.07) is 22.1. The number of amides is 1. The summed E-state index contributed by atoms with van der Waals surface area (Å²) in [6.07, 6.45) is 0. The zero-order chi connectivity index (χ0) is 17.5. The van der Waals surface area contributed by atoms with Crippen molar-refractivity contribution in [2.75, 3.05) is 5.75 Å². The Morgan fingerprint density at radius 1 is 1.00 bits per heavy atom. The molecule has 0 aliphatic heterocycles. The van der Waals surface area contributed by atoms with E-state index in [9.17, 15) is 4.79 Å². The lowest BCUT2D eigenvalue weighted by Gasteiger charge is -2.17. The minimum atomic E-state index is 0.0493. The van der Waals surface area contributed by atoms with E-state index in [0.717, 1.165) is 10.4 Å². The van der Waals surface area contributed by atoms with Crippen LogP contribution >= 0.6 is 34.7 Å². The molecule has 3 rings (SSSR count). The fourth-order valence-electron chi connectivity index (χ4n) is 2.46. The molecule has 1 amide bonds. The highest BCUT2D eigenvalue weighted by Crippen LogP contribution is 2.35. The van der Waals surface area contributed by atoms with E-state index in [0.29, 0.717) is 17.3 Å². The second kappa shape index (κ2) is 9.09. The molecule has 1 atom stereocenters. The average Bonchev–Trinajstić information content (AvgIpc) is 3.16. The van der Waals surface area contributed by atoms with Crippen molar-refractivity contribution in [2.45, 2.75) is 11.8 Å². The largest absolute Gasteiger partial charge is 0.350 e. The maximum atomic E-state index is 12.2. The molecule has 128 valence electrons. The lowest BCUT2D eigenvalue weighted by molar-refractivity contribution is -0.118. The number of benzene rings is 2. The third-order valence-electron chi connectivity index (χ3n) is 3.70. The van der Waals surface area contributed by atoms with Gasteiger partial charge in [-0.25, -0.2) is 0 Å². The van der Waals surface area contributed by atoms with Gasteiger partial charge in [0.2, 0.25) is 5.91 Å². The van der Waals surface area contributed by atoms with Crippen molar-refractivity contribution in [3.05, 3.63) is 93.1 Å². The Labute approximate surface area is 161 Å². The first-order chi connectivity index (χ1) is 12.2. The van der Waals surface area contributed by atoms with Gasteiger partial charge in [-0.1, -0.05) is 60.1 Å². The molecule has 1 heterocycles. The van der Waals surface area contributed by atoms with Crippen molar-refractivity contribution >= 4 is 40.6 Å². The van der Waals surface area contributed by atoms with Crippen LogP contribution in [0.1, 0.15) is 21.3 Å². The van der Waals surface area contributed by atoms with Gasteiger partial charge in [0, 0.05) is 9.90 Å². The second-order valence-electron chi connectivity index (χ2n) is 5.51. The van der Waals surface area contributed by atoms with Crippen LogP contribution in [0.3, 0.4) is 0 Å². The van der Waals surface area contributed by atoms with Gasteiger partial charge in [-0.3, -0.25) is 4.79 Å². The number of nitrogens with one attached hydrogen (secondary N) is 1. The van der Waals surface area contributed by atoms with E-state index in [-0.39, 0.29) is 11.2 Å². The van der Waals surface area contributed by atoms with Crippen molar-refractivity contribution in [3.63, 3.8) is 0 Å². The molecule has 0 radical (unpaired) electrons. The summed E-state index contributed by atoms with van der Waals surface area (Å²) in [5.74, 6) is 0.460. The number of halogens is 1. The van der Waals surface area contributed by atoms with Gasteiger partial charge in [-0.2, -0.15) is 0 Å². The first kappa shape index (κ1) is 18.1. The summed E-state index contributed by atoms with van der Waals surface area (Å²) < 4.78 is 0. The SMILES string of the molecule is O=C(CSC(c1ccccc1)c1ccc(Cl)cc1)NCc1cccs1. The lowest BCUT2D eigenvalue weighted by Crippen LogP contribution is -2.24. The molecule has 0 bridgehead atoms. The number of thioether (sulfide) groups is 1. The van der Waals surface area contributed by atoms with Gasteiger partial charge in [-0.05, 0) is 34.7 Å². The van der Waals surface area contributed by atoms with Crippen molar-refractivity contribution in [2.24, 2.45) is 0 Å². The molecule has 2 aromatic carbocycles. The van der Waals surface area contributed by atoms with Crippen LogP contribution in [-0.2, 0) is 11.3 Å². The predicted octanol–water partition coefficient (Wildman–Crippen LogP) is 5.54. The van der Waals surface area contributed by atoms with Crippen molar-refractivity contribution in [1.82, 2.24) is 5.32 Å². The Kier molecular flexibility index (Phi) is 6.56. The van der Waals surface area contributed by atoms with Gasteiger partial charge in [0.15, 0.2) is 0 Å². The summed E-state index contributed by atoms with van der Waals surface area (Å²) in [6.45, 7) is 0.591. The molecular weight excluding hydrogens is 370 g/mol. The van der Waals surface area contributed by atoms with E-state index in [2.05, 4.69) is 17.4 Å². The van der Waals surface area contributed by atoms with Crippen LogP contribution in [-0.4, -0.2) is 11.7 Å². The molecule has 0 spiro atoms. The molecule has 3 aromatic rings. The van der Waals surface area contributed by atoms with Crippen LogP contribution in [0.25, 0.3) is 0 Å².